The molecule has 0 aromatic rings. The van der Waals surface area contributed by atoms with Gasteiger partial charge in [0.25, 0.3) is 0 Å². The number of hydrogen-bond acceptors (Lipinski definition) is 5. The molecule has 0 aliphatic carbocycles. The second-order valence-electron chi connectivity index (χ2n) is 4.84. The summed E-state index contributed by atoms with van der Waals surface area (Å²) in [4.78, 5) is 0. The summed E-state index contributed by atoms with van der Waals surface area (Å²) in [5, 5.41) is 0. The van der Waals surface area contributed by atoms with Crippen LogP contribution in [-0.4, -0.2) is 39.4 Å². The highest BCUT2D eigenvalue weighted by atomic mass is 32.2. The maximum atomic E-state index is 12.7. The molecule has 0 saturated heterocycles. The van der Waals surface area contributed by atoms with Crippen molar-refractivity contribution >= 4 is 27.7 Å². The van der Waals surface area contributed by atoms with Gasteiger partial charge in [0.05, 0.1) is 13.2 Å². The van der Waals surface area contributed by atoms with Gasteiger partial charge in [-0.25, -0.2) is 0 Å². The molecule has 0 aliphatic rings. The molecule has 1 atom stereocenters. The van der Waals surface area contributed by atoms with Crippen LogP contribution in [0.5, 0.6) is 0 Å². The van der Waals surface area contributed by atoms with Gasteiger partial charge >= 0.3 is 7.60 Å². The van der Waals surface area contributed by atoms with E-state index in [-0.39, 0.29) is 0 Å². The van der Waals surface area contributed by atoms with Crippen LogP contribution in [0.1, 0.15) is 20.3 Å². The Hall–Kier alpha value is 0.677. The van der Waals surface area contributed by atoms with Crippen molar-refractivity contribution in [2.45, 2.75) is 45.8 Å². The third kappa shape index (κ3) is 7.31. The smallest absolute Gasteiger partial charge is 0.357 e. The summed E-state index contributed by atoms with van der Waals surface area (Å²) < 4.78 is 29.6. The molecule has 0 N–H and O–H groups in total. The maximum Gasteiger partial charge on any atom is 0.357 e. The SMILES string of the molecule is CCOP(=O)(OCC)C(CCSC)O[Si](C)(C)C. The van der Waals surface area contributed by atoms with Crippen molar-refractivity contribution in [1.29, 1.82) is 0 Å². The lowest BCUT2D eigenvalue weighted by Gasteiger charge is -2.31. The van der Waals surface area contributed by atoms with E-state index in [1.165, 1.54) is 0 Å². The second-order valence-corrected chi connectivity index (χ2v) is 12.5. The highest BCUT2D eigenvalue weighted by Crippen LogP contribution is 2.55. The average Bonchev–Trinajstić information content (AvgIpc) is 2.23. The number of thioether (sulfide) groups is 1. The van der Waals surface area contributed by atoms with Crippen LogP contribution in [0.2, 0.25) is 19.6 Å². The molecule has 0 aromatic heterocycles. The van der Waals surface area contributed by atoms with Crippen LogP contribution in [0.15, 0.2) is 0 Å². The first-order valence-electron chi connectivity index (χ1n) is 6.34. The van der Waals surface area contributed by atoms with Crippen molar-refractivity contribution in [3.05, 3.63) is 0 Å². The molecule has 7 heteroatoms. The van der Waals surface area contributed by atoms with E-state index in [0.717, 1.165) is 5.75 Å². The molecule has 0 radical (unpaired) electrons. The second kappa shape index (κ2) is 8.77. The molecule has 4 nitrogen and oxygen atoms in total. The zero-order valence-corrected chi connectivity index (χ0v) is 15.1. The van der Waals surface area contributed by atoms with Gasteiger partial charge in [-0.2, -0.15) is 11.8 Å². The lowest BCUT2D eigenvalue weighted by Crippen LogP contribution is -2.33. The summed E-state index contributed by atoms with van der Waals surface area (Å²) in [6.07, 6.45) is 2.72. The molecule has 110 valence electrons. The summed E-state index contributed by atoms with van der Waals surface area (Å²) >= 11 is 1.71. The minimum absolute atomic E-state index is 0.377. The summed E-state index contributed by atoms with van der Waals surface area (Å²) in [6, 6.07) is 0. The van der Waals surface area contributed by atoms with Gasteiger partial charge in [-0.1, -0.05) is 0 Å². The molecule has 0 heterocycles. The molecule has 0 aromatic carbocycles. The van der Waals surface area contributed by atoms with Crippen LogP contribution in [0.3, 0.4) is 0 Å². The quantitative estimate of drug-likeness (QED) is 0.447. The normalized spacial score (nSPS) is 14.8. The zero-order chi connectivity index (χ0) is 14.2. The Balaban J connectivity index is 4.91. The monoisotopic (exact) mass is 314 g/mol. The van der Waals surface area contributed by atoms with E-state index in [1.807, 2.05) is 20.1 Å². The van der Waals surface area contributed by atoms with E-state index < -0.39 is 21.8 Å². The van der Waals surface area contributed by atoms with Crippen LogP contribution >= 0.6 is 19.4 Å². The van der Waals surface area contributed by atoms with Crippen molar-refractivity contribution in [3.8, 4) is 0 Å². The molecule has 0 aliphatic heterocycles. The van der Waals surface area contributed by atoms with E-state index in [1.54, 1.807) is 11.8 Å². The van der Waals surface area contributed by atoms with E-state index in [9.17, 15) is 4.57 Å². The molecule has 0 amide bonds. The van der Waals surface area contributed by atoms with Crippen LogP contribution in [0.4, 0.5) is 0 Å². The summed E-state index contributed by atoms with van der Waals surface area (Å²) in [6.45, 7) is 10.7. The fraction of sp³-hybridized carbons (Fsp3) is 1.00. The van der Waals surface area contributed by atoms with Crippen molar-refractivity contribution < 1.29 is 18.0 Å². The number of rotatable bonds is 10. The molecular formula is C11H27O4PSSi. The van der Waals surface area contributed by atoms with Crippen molar-refractivity contribution in [2.24, 2.45) is 0 Å². The van der Waals surface area contributed by atoms with Gasteiger partial charge in [0.2, 0.25) is 0 Å². The Bertz CT molecular complexity index is 260. The molecule has 0 bridgehead atoms. The van der Waals surface area contributed by atoms with Gasteiger partial charge in [0, 0.05) is 0 Å². The van der Waals surface area contributed by atoms with E-state index in [2.05, 4.69) is 19.6 Å². The minimum Gasteiger partial charge on any atom is -0.404 e. The highest BCUT2D eigenvalue weighted by molar-refractivity contribution is 7.98. The minimum atomic E-state index is -3.16. The fourth-order valence-electron chi connectivity index (χ4n) is 1.47. The van der Waals surface area contributed by atoms with Crippen LogP contribution in [0, 0.1) is 0 Å². The zero-order valence-electron chi connectivity index (χ0n) is 12.4. The van der Waals surface area contributed by atoms with Gasteiger partial charge in [0.1, 0.15) is 5.85 Å². The number of hydrogen-bond donors (Lipinski definition) is 0. The predicted octanol–water partition coefficient (Wildman–Crippen LogP) is 4.18. The highest BCUT2D eigenvalue weighted by Gasteiger charge is 2.38. The Kier molecular flexibility index (Phi) is 9.10. The molecule has 0 saturated carbocycles. The van der Waals surface area contributed by atoms with Gasteiger partial charge in [0.15, 0.2) is 8.32 Å². The van der Waals surface area contributed by atoms with Crippen LogP contribution < -0.4 is 0 Å². The fourth-order valence-corrected chi connectivity index (χ4v) is 6.07. The summed E-state index contributed by atoms with van der Waals surface area (Å²) in [5.41, 5.74) is 0. The van der Waals surface area contributed by atoms with E-state index >= 15 is 0 Å². The third-order valence-electron chi connectivity index (χ3n) is 2.03. The topological polar surface area (TPSA) is 44.8 Å². The van der Waals surface area contributed by atoms with Crippen LogP contribution in [-0.2, 0) is 18.0 Å². The Morgan fingerprint density at radius 3 is 2.00 bits per heavy atom. The first-order chi connectivity index (χ1) is 8.29. The lowest BCUT2D eigenvalue weighted by molar-refractivity contribution is 0.156. The van der Waals surface area contributed by atoms with Gasteiger partial charge < -0.3 is 13.5 Å². The molecule has 18 heavy (non-hydrogen) atoms. The third-order valence-corrected chi connectivity index (χ3v) is 6.17. The average molecular weight is 314 g/mol. The maximum absolute atomic E-state index is 12.7. The molecule has 0 rings (SSSR count). The van der Waals surface area contributed by atoms with Crippen LogP contribution in [0.25, 0.3) is 0 Å². The standard InChI is InChI=1S/C11H27O4PSSi/c1-7-13-16(12,14-8-2)11(9-10-17-3)15-18(4,5)6/h11H,7-10H2,1-6H3. The Morgan fingerprint density at radius 1 is 1.17 bits per heavy atom. The summed E-state index contributed by atoms with van der Waals surface area (Å²) in [7, 11) is -4.94. The lowest BCUT2D eigenvalue weighted by atomic mass is 10.5. The largest absolute Gasteiger partial charge is 0.404 e. The van der Waals surface area contributed by atoms with Crippen molar-refractivity contribution in [1.82, 2.24) is 0 Å². The first-order valence-corrected chi connectivity index (χ1v) is 12.8. The summed E-state index contributed by atoms with van der Waals surface area (Å²) in [5.74, 6) is 0.454. The molecule has 0 spiro atoms. The predicted molar refractivity (Wildman–Crippen MR) is 82.1 cm³/mol. The van der Waals surface area contributed by atoms with Gasteiger partial charge in [-0.15, -0.1) is 0 Å². The van der Waals surface area contributed by atoms with Crippen molar-refractivity contribution in [2.75, 3.05) is 25.2 Å². The van der Waals surface area contributed by atoms with E-state index in [4.69, 9.17) is 13.5 Å². The first kappa shape index (κ1) is 18.7. The van der Waals surface area contributed by atoms with Crippen molar-refractivity contribution in [3.63, 3.8) is 0 Å². The Labute approximate surface area is 117 Å². The van der Waals surface area contributed by atoms with E-state index in [0.29, 0.717) is 19.6 Å². The van der Waals surface area contributed by atoms with Gasteiger partial charge in [-0.3, -0.25) is 4.57 Å². The Morgan fingerprint density at radius 2 is 1.67 bits per heavy atom. The van der Waals surface area contributed by atoms with Gasteiger partial charge in [-0.05, 0) is 51.9 Å². The molecular weight excluding hydrogens is 287 g/mol. The molecule has 0 fully saturated rings. The molecule has 1 unspecified atom stereocenters.